The van der Waals surface area contributed by atoms with E-state index in [-0.39, 0.29) is 17.7 Å². The first-order chi connectivity index (χ1) is 6.65. The van der Waals surface area contributed by atoms with Crippen LogP contribution in [0, 0.1) is 0 Å². The second-order valence-electron chi connectivity index (χ2n) is 2.83. The van der Waals surface area contributed by atoms with Gasteiger partial charge in [-0.3, -0.25) is 4.79 Å². The summed E-state index contributed by atoms with van der Waals surface area (Å²) in [6, 6.07) is 2.47. The van der Waals surface area contributed by atoms with Crippen molar-refractivity contribution >= 4 is 5.97 Å². The summed E-state index contributed by atoms with van der Waals surface area (Å²) >= 11 is 0. The fourth-order valence-corrected chi connectivity index (χ4v) is 1.07. The number of aromatic nitrogens is 1. The van der Waals surface area contributed by atoms with Gasteiger partial charge in [0, 0.05) is 25.4 Å². The van der Waals surface area contributed by atoms with Crippen LogP contribution < -0.4 is 5.56 Å². The highest BCUT2D eigenvalue weighted by atomic mass is 16.4. The first-order valence-electron chi connectivity index (χ1n) is 4.20. The van der Waals surface area contributed by atoms with Gasteiger partial charge in [-0.1, -0.05) is 0 Å². The van der Waals surface area contributed by atoms with Crippen LogP contribution in [-0.2, 0) is 6.54 Å². The van der Waals surface area contributed by atoms with Gasteiger partial charge in [-0.2, -0.15) is 0 Å². The molecule has 0 amide bonds. The smallest absolute Gasteiger partial charge is 0.337 e. The summed E-state index contributed by atoms with van der Waals surface area (Å²) in [7, 11) is 0. The van der Waals surface area contributed by atoms with Crippen LogP contribution in [0.3, 0.4) is 0 Å². The molecule has 0 saturated heterocycles. The number of aliphatic hydroxyl groups excluding tert-OH is 1. The molecule has 0 radical (unpaired) electrons. The van der Waals surface area contributed by atoms with E-state index in [0.29, 0.717) is 13.0 Å². The minimum Gasteiger partial charge on any atom is -0.478 e. The van der Waals surface area contributed by atoms with Crippen molar-refractivity contribution < 1.29 is 15.0 Å². The lowest BCUT2D eigenvalue weighted by Gasteiger charge is -2.04. The van der Waals surface area contributed by atoms with Crippen LogP contribution in [0.4, 0.5) is 0 Å². The Hall–Kier alpha value is -1.62. The topological polar surface area (TPSA) is 79.5 Å². The molecule has 14 heavy (non-hydrogen) atoms. The number of carbonyl (C=O) groups is 1. The molecule has 5 heteroatoms. The molecular formula is C9H11NO4. The zero-order chi connectivity index (χ0) is 10.6. The minimum atomic E-state index is -1.07. The van der Waals surface area contributed by atoms with E-state index >= 15 is 0 Å². The maximum absolute atomic E-state index is 11.2. The van der Waals surface area contributed by atoms with Crippen LogP contribution in [0.15, 0.2) is 23.1 Å². The molecule has 0 aromatic carbocycles. The number of carboxylic acids is 1. The fourth-order valence-electron chi connectivity index (χ4n) is 1.07. The van der Waals surface area contributed by atoms with Crippen molar-refractivity contribution in [2.75, 3.05) is 6.61 Å². The second-order valence-corrected chi connectivity index (χ2v) is 2.83. The van der Waals surface area contributed by atoms with Gasteiger partial charge in [0.1, 0.15) is 0 Å². The number of nitrogens with zero attached hydrogens (tertiary/aromatic N) is 1. The lowest BCUT2D eigenvalue weighted by atomic mass is 10.3. The number of pyridine rings is 1. The summed E-state index contributed by atoms with van der Waals surface area (Å²) in [6.45, 7) is 0.306. The van der Waals surface area contributed by atoms with E-state index in [4.69, 9.17) is 10.2 Å². The Labute approximate surface area is 80.2 Å². The highest BCUT2D eigenvalue weighted by Crippen LogP contribution is 1.96. The molecule has 0 spiro atoms. The van der Waals surface area contributed by atoms with Gasteiger partial charge in [-0.15, -0.1) is 0 Å². The molecule has 0 fully saturated rings. The number of carboxylic acid groups (broad SMARTS) is 1. The van der Waals surface area contributed by atoms with Crippen molar-refractivity contribution in [2.45, 2.75) is 13.0 Å². The molecule has 76 valence electrons. The molecule has 1 heterocycles. The molecule has 1 aromatic heterocycles. The van der Waals surface area contributed by atoms with Gasteiger partial charge in [-0.25, -0.2) is 4.79 Å². The number of aromatic carboxylic acids is 1. The van der Waals surface area contributed by atoms with E-state index in [1.54, 1.807) is 0 Å². The number of aliphatic hydroxyl groups is 1. The minimum absolute atomic E-state index is 0.0241. The Morgan fingerprint density at radius 2 is 2.14 bits per heavy atom. The highest BCUT2D eigenvalue weighted by molar-refractivity contribution is 5.87. The van der Waals surface area contributed by atoms with Crippen molar-refractivity contribution in [1.29, 1.82) is 0 Å². The highest BCUT2D eigenvalue weighted by Gasteiger charge is 2.04. The van der Waals surface area contributed by atoms with Crippen molar-refractivity contribution in [1.82, 2.24) is 4.57 Å². The first kappa shape index (κ1) is 10.5. The standard InChI is InChI=1S/C9H11NO4/c11-5-1-4-10-6-7(9(13)14)2-3-8(10)12/h2-3,6,11H,1,4-5H2,(H,13,14). The molecule has 0 aliphatic heterocycles. The van der Waals surface area contributed by atoms with Crippen molar-refractivity contribution in [2.24, 2.45) is 0 Å². The summed E-state index contributed by atoms with van der Waals surface area (Å²) in [5, 5.41) is 17.2. The van der Waals surface area contributed by atoms with E-state index in [1.165, 1.54) is 22.9 Å². The van der Waals surface area contributed by atoms with Gasteiger partial charge in [-0.05, 0) is 12.5 Å². The predicted octanol–water partition coefficient (Wildman–Crippen LogP) is -0.0711. The van der Waals surface area contributed by atoms with Gasteiger partial charge < -0.3 is 14.8 Å². The van der Waals surface area contributed by atoms with Crippen LogP contribution in [0.25, 0.3) is 0 Å². The summed E-state index contributed by atoms with van der Waals surface area (Å²) in [5.41, 5.74) is -0.189. The monoisotopic (exact) mass is 197 g/mol. The third-order valence-corrected chi connectivity index (χ3v) is 1.79. The molecule has 5 nitrogen and oxygen atoms in total. The van der Waals surface area contributed by atoms with Crippen molar-refractivity contribution in [3.05, 3.63) is 34.2 Å². The molecule has 1 aromatic rings. The van der Waals surface area contributed by atoms with Gasteiger partial charge in [0.25, 0.3) is 5.56 Å². The molecule has 0 saturated carbocycles. The van der Waals surface area contributed by atoms with Crippen molar-refractivity contribution in [3.63, 3.8) is 0 Å². The maximum Gasteiger partial charge on any atom is 0.337 e. The Morgan fingerprint density at radius 3 is 2.71 bits per heavy atom. The average Bonchev–Trinajstić information content (AvgIpc) is 2.16. The third kappa shape index (κ3) is 2.43. The molecule has 0 unspecified atom stereocenters. The molecule has 0 aliphatic carbocycles. The zero-order valence-corrected chi connectivity index (χ0v) is 7.51. The largest absolute Gasteiger partial charge is 0.478 e. The Balaban J connectivity index is 2.96. The second kappa shape index (κ2) is 4.57. The summed E-state index contributed by atoms with van der Waals surface area (Å²) in [6.07, 6.45) is 1.71. The predicted molar refractivity (Wildman–Crippen MR) is 49.4 cm³/mol. The van der Waals surface area contributed by atoms with E-state index in [0.717, 1.165) is 0 Å². The Morgan fingerprint density at radius 1 is 1.43 bits per heavy atom. The normalized spacial score (nSPS) is 10.1. The van der Waals surface area contributed by atoms with Crippen LogP contribution in [0.1, 0.15) is 16.8 Å². The molecule has 2 N–H and O–H groups in total. The van der Waals surface area contributed by atoms with E-state index < -0.39 is 5.97 Å². The zero-order valence-electron chi connectivity index (χ0n) is 7.51. The van der Waals surface area contributed by atoms with E-state index in [1.807, 2.05) is 0 Å². The quantitative estimate of drug-likeness (QED) is 0.708. The SMILES string of the molecule is O=C(O)c1ccc(=O)n(CCCO)c1. The van der Waals surface area contributed by atoms with Crippen LogP contribution >= 0.6 is 0 Å². The van der Waals surface area contributed by atoms with Crippen LogP contribution in [0.2, 0.25) is 0 Å². The Kier molecular flexibility index (Phi) is 3.41. The van der Waals surface area contributed by atoms with Gasteiger partial charge >= 0.3 is 5.97 Å². The lowest BCUT2D eigenvalue weighted by molar-refractivity contribution is 0.0696. The average molecular weight is 197 g/mol. The van der Waals surface area contributed by atoms with E-state index in [2.05, 4.69) is 0 Å². The molecule has 0 bridgehead atoms. The van der Waals surface area contributed by atoms with Crippen LogP contribution in [-0.4, -0.2) is 27.4 Å². The first-order valence-corrected chi connectivity index (χ1v) is 4.20. The van der Waals surface area contributed by atoms with Gasteiger partial charge in [0.05, 0.1) is 5.56 Å². The Bertz CT molecular complexity index is 383. The number of aryl methyl sites for hydroxylation is 1. The van der Waals surface area contributed by atoms with Gasteiger partial charge in [0.15, 0.2) is 0 Å². The molecule has 0 atom stereocenters. The summed E-state index contributed by atoms with van der Waals surface area (Å²) < 4.78 is 1.28. The molecule has 1 rings (SSSR count). The van der Waals surface area contributed by atoms with Crippen molar-refractivity contribution in [3.8, 4) is 0 Å². The number of rotatable bonds is 4. The fraction of sp³-hybridized carbons (Fsp3) is 0.333. The number of hydrogen-bond donors (Lipinski definition) is 2. The molecular weight excluding hydrogens is 186 g/mol. The maximum atomic E-state index is 11.2. The van der Waals surface area contributed by atoms with Gasteiger partial charge in [0.2, 0.25) is 0 Å². The molecule has 0 aliphatic rings. The summed E-state index contributed by atoms with van der Waals surface area (Å²) in [4.78, 5) is 21.8. The summed E-state index contributed by atoms with van der Waals surface area (Å²) in [5.74, 6) is -1.07. The van der Waals surface area contributed by atoms with E-state index in [9.17, 15) is 9.59 Å². The third-order valence-electron chi connectivity index (χ3n) is 1.79. The lowest BCUT2D eigenvalue weighted by Crippen LogP contribution is -2.20. The van der Waals surface area contributed by atoms with Crippen LogP contribution in [0.5, 0.6) is 0 Å². The number of hydrogen-bond acceptors (Lipinski definition) is 3.